The van der Waals surface area contributed by atoms with Crippen LogP contribution in [0.15, 0.2) is 42.9 Å². The molecule has 0 aliphatic carbocycles. The fourth-order valence-corrected chi connectivity index (χ4v) is 2.27. The summed E-state index contributed by atoms with van der Waals surface area (Å²) in [5, 5.41) is 0. The van der Waals surface area contributed by atoms with E-state index in [1.54, 1.807) is 23.5 Å². The third-order valence-corrected chi connectivity index (χ3v) is 3.54. The Labute approximate surface area is 123 Å². The molecule has 3 rings (SSSR count). The van der Waals surface area contributed by atoms with Crippen molar-refractivity contribution >= 4 is 11.9 Å². The average Bonchev–Trinajstić information content (AvgIpc) is 2.48. The van der Waals surface area contributed by atoms with Crippen molar-refractivity contribution in [2.45, 2.75) is 25.9 Å². The Bertz CT molecular complexity index is 638. The molecular weight excluding hydrogens is 266 g/mol. The highest BCUT2D eigenvalue weighted by Gasteiger charge is 2.33. The number of amides is 1. The molecule has 1 fully saturated rings. The van der Waals surface area contributed by atoms with Crippen LogP contribution in [0.2, 0.25) is 0 Å². The van der Waals surface area contributed by atoms with Crippen LogP contribution in [0.4, 0.5) is 10.6 Å². The van der Waals surface area contributed by atoms with Crippen LogP contribution in [0.25, 0.3) is 11.1 Å². The lowest BCUT2D eigenvalue weighted by atomic mass is 10.0. The van der Waals surface area contributed by atoms with Crippen LogP contribution in [0, 0.1) is 0 Å². The average molecular weight is 283 g/mol. The molecule has 0 unspecified atom stereocenters. The van der Waals surface area contributed by atoms with Gasteiger partial charge in [-0.1, -0.05) is 6.07 Å². The first-order valence-corrected chi connectivity index (χ1v) is 6.92. The number of hydrogen-bond acceptors (Lipinski definition) is 4. The first kappa shape index (κ1) is 13.5. The highest BCUT2D eigenvalue weighted by Crippen LogP contribution is 2.26. The van der Waals surface area contributed by atoms with E-state index in [9.17, 15) is 4.79 Å². The minimum atomic E-state index is -0.400. The van der Waals surface area contributed by atoms with E-state index in [0.29, 0.717) is 12.4 Å². The van der Waals surface area contributed by atoms with E-state index < -0.39 is 5.60 Å². The zero-order valence-corrected chi connectivity index (χ0v) is 12.1. The number of nitrogens with zero attached hydrogens (tertiary/aromatic N) is 3. The van der Waals surface area contributed by atoms with Crippen LogP contribution in [0.1, 0.15) is 20.3 Å². The molecule has 0 N–H and O–H groups in total. The number of pyridine rings is 2. The molecule has 0 radical (unpaired) electrons. The van der Waals surface area contributed by atoms with Crippen LogP contribution < -0.4 is 4.90 Å². The summed E-state index contributed by atoms with van der Waals surface area (Å²) in [6.45, 7) is 4.45. The van der Waals surface area contributed by atoms with Crippen LogP contribution in [0.3, 0.4) is 0 Å². The number of hydrogen-bond donors (Lipinski definition) is 0. The second kappa shape index (κ2) is 5.16. The van der Waals surface area contributed by atoms with E-state index in [2.05, 4.69) is 9.97 Å². The lowest BCUT2D eigenvalue weighted by molar-refractivity contribution is 0.0234. The van der Waals surface area contributed by atoms with Gasteiger partial charge in [0.15, 0.2) is 0 Å². The molecule has 5 nitrogen and oxygen atoms in total. The van der Waals surface area contributed by atoms with E-state index in [0.717, 1.165) is 17.5 Å². The Hall–Kier alpha value is -2.43. The zero-order valence-electron chi connectivity index (χ0n) is 12.1. The molecule has 21 heavy (non-hydrogen) atoms. The van der Waals surface area contributed by atoms with E-state index in [1.165, 1.54) is 0 Å². The van der Waals surface area contributed by atoms with Crippen molar-refractivity contribution in [1.29, 1.82) is 0 Å². The van der Waals surface area contributed by atoms with Crippen molar-refractivity contribution < 1.29 is 9.53 Å². The molecule has 0 atom stereocenters. The highest BCUT2D eigenvalue weighted by molar-refractivity contribution is 5.87. The first-order chi connectivity index (χ1) is 10.1. The summed E-state index contributed by atoms with van der Waals surface area (Å²) in [7, 11) is 0. The molecule has 2 aromatic heterocycles. The van der Waals surface area contributed by atoms with Gasteiger partial charge in [0.05, 0.1) is 0 Å². The van der Waals surface area contributed by atoms with Gasteiger partial charge >= 0.3 is 6.09 Å². The number of anilines is 1. The van der Waals surface area contributed by atoms with Crippen LogP contribution in [0.5, 0.6) is 0 Å². The van der Waals surface area contributed by atoms with E-state index in [4.69, 9.17) is 4.74 Å². The monoisotopic (exact) mass is 283 g/mol. The van der Waals surface area contributed by atoms with Gasteiger partial charge in [-0.2, -0.15) is 0 Å². The summed E-state index contributed by atoms with van der Waals surface area (Å²) in [6, 6.07) is 7.63. The van der Waals surface area contributed by atoms with Gasteiger partial charge in [0.1, 0.15) is 11.4 Å². The smallest absolute Gasteiger partial charge is 0.416 e. The molecular formula is C16H17N3O2. The summed E-state index contributed by atoms with van der Waals surface area (Å²) < 4.78 is 5.39. The van der Waals surface area contributed by atoms with Crippen molar-refractivity contribution in [2.24, 2.45) is 0 Å². The molecule has 1 aliphatic heterocycles. The maximum absolute atomic E-state index is 12.0. The fourth-order valence-electron chi connectivity index (χ4n) is 2.27. The molecule has 0 bridgehead atoms. The molecule has 1 aliphatic rings. The molecule has 108 valence electrons. The number of ether oxygens (including phenoxy) is 1. The first-order valence-electron chi connectivity index (χ1n) is 6.92. The molecule has 3 heterocycles. The summed E-state index contributed by atoms with van der Waals surface area (Å²) in [6.07, 6.45) is 5.71. The highest BCUT2D eigenvalue weighted by atomic mass is 16.6. The summed E-state index contributed by atoms with van der Waals surface area (Å²) >= 11 is 0. The van der Waals surface area contributed by atoms with Crippen molar-refractivity contribution in [1.82, 2.24) is 9.97 Å². The van der Waals surface area contributed by atoms with Crippen LogP contribution in [-0.4, -0.2) is 28.2 Å². The van der Waals surface area contributed by atoms with Crippen molar-refractivity contribution in [3.8, 4) is 11.1 Å². The van der Waals surface area contributed by atoms with Gasteiger partial charge in [-0.05, 0) is 32.0 Å². The van der Waals surface area contributed by atoms with Crippen molar-refractivity contribution in [2.75, 3.05) is 11.4 Å². The number of carbonyl (C=O) groups is 1. The predicted molar refractivity (Wildman–Crippen MR) is 80.0 cm³/mol. The Balaban J connectivity index is 1.80. The Morgan fingerprint density at radius 2 is 2.00 bits per heavy atom. The standard InChI is InChI=1S/C16H17N3O2/c1-16(2)7-9-19(15(20)21-16)14-6-5-13(11-18-14)12-4-3-8-17-10-12/h3-6,8,10-11H,7,9H2,1-2H3. The topological polar surface area (TPSA) is 55.3 Å². The molecule has 5 heteroatoms. The number of cyclic esters (lactones) is 1. The lowest BCUT2D eigenvalue weighted by Crippen LogP contribution is -2.46. The van der Waals surface area contributed by atoms with Crippen molar-refractivity contribution in [3.63, 3.8) is 0 Å². The van der Waals surface area contributed by atoms with Gasteiger partial charge in [0, 0.05) is 42.7 Å². The van der Waals surface area contributed by atoms with Gasteiger partial charge < -0.3 is 4.74 Å². The Morgan fingerprint density at radius 1 is 1.19 bits per heavy atom. The van der Waals surface area contributed by atoms with Crippen LogP contribution >= 0.6 is 0 Å². The third-order valence-electron chi connectivity index (χ3n) is 3.54. The van der Waals surface area contributed by atoms with Gasteiger partial charge in [-0.15, -0.1) is 0 Å². The predicted octanol–water partition coefficient (Wildman–Crippen LogP) is 3.27. The normalized spacial score (nSPS) is 17.4. The van der Waals surface area contributed by atoms with Gasteiger partial charge in [0.25, 0.3) is 0 Å². The zero-order chi connectivity index (χ0) is 14.9. The Kier molecular flexibility index (Phi) is 3.33. The molecule has 1 saturated heterocycles. The number of rotatable bonds is 2. The van der Waals surface area contributed by atoms with E-state index in [1.807, 2.05) is 38.1 Å². The van der Waals surface area contributed by atoms with Gasteiger partial charge in [0.2, 0.25) is 0 Å². The van der Waals surface area contributed by atoms with Gasteiger partial charge in [-0.3, -0.25) is 9.88 Å². The second-order valence-electron chi connectivity index (χ2n) is 5.68. The SMILES string of the molecule is CC1(C)CCN(c2ccc(-c3cccnc3)cn2)C(=O)O1. The fraction of sp³-hybridized carbons (Fsp3) is 0.312. The van der Waals surface area contributed by atoms with E-state index >= 15 is 0 Å². The summed E-state index contributed by atoms with van der Waals surface area (Å²) in [5.74, 6) is 0.614. The third kappa shape index (κ3) is 2.86. The minimum Gasteiger partial charge on any atom is -0.443 e. The minimum absolute atomic E-state index is 0.340. The van der Waals surface area contributed by atoms with Crippen LogP contribution in [-0.2, 0) is 4.74 Å². The molecule has 0 saturated carbocycles. The second-order valence-corrected chi connectivity index (χ2v) is 5.68. The number of carbonyl (C=O) groups excluding carboxylic acids is 1. The van der Waals surface area contributed by atoms with Crippen molar-refractivity contribution in [3.05, 3.63) is 42.9 Å². The Morgan fingerprint density at radius 3 is 2.62 bits per heavy atom. The summed E-state index contributed by atoms with van der Waals surface area (Å²) in [5.41, 5.74) is 1.57. The van der Waals surface area contributed by atoms with Gasteiger partial charge in [-0.25, -0.2) is 9.78 Å². The molecule has 2 aromatic rings. The molecule has 0 aromatic carbocycles. The molecule has 0 spiro atoms. The quantitative estimate of drug-likeness (QED) is 0.848. The summed E-state index contributed by atoms with van der Waals surface area (Å²) in [4.78, 5) is 22.0. The molecule has 1 amide bonds. The van der Waals surface area contributed by atoms with E-state index in [-0.39, 0.29) is 6.09 Å². The maximum atomic E-state index is 12.0. The maximum Gasteiger partial charge on any atom is 0.416 e. The largest absolute Gasteiger partial charge is 0.443 e. The lowest BCUT2D eigenvalue weighted by Gasteiger charge is -2.35. The number of aromatic nitrogens is 2.